The molecule has 0 spiro atoms. The van der Waals surface area contributed by atoms with E-state index in [0.717, 1.165) is 15.0 Å². The zero-order valence-electron chi connectivity index (χ0n) is 12.3. The second-order valence-corrected chi connectivity index (χ2v) is 6.14. The minimum absolute atomic E-state index is 0.295. The molecule has 0 radical (unpaired) electrons. The fourth-order valence-electron chi connectivity index (χ4n) is 2.04. The van der Waals surface area contributed by atoms with Gasteiger partial charge in [-0.2, -0.15) is 4.57 Å². The summed E-state index contributed by atoms with van der Waals surface area (Å²) in [6.45, 7) is 2.19. The number of aromatic nitrogens is 1. The molecule has 5 heteroatoms. The Morgan fingerprint density at radius 2 is 1.81 bits per heavy atom. The summed E-state index contributed by atoms with van der Waals surface area (Å²) in [5.41, 5.74) is 0.572. The number of carbonyl (C=O) groups excluding carboxylic acids is 1. The Labute approximate surface area is 133 Å². The zero-order chi connectivity index (χ0) is 15.2. The van der Waals surface area contributed by atoms with E-state index in [1.54, 1.807) is 23.5 Å². The number of rotatable bonds is 5. The highest BCUT2D eigenvalue weighted by molar-refractivity contribution is 8.21. The minimum atomic E-state index is -0.295. The summed E-state index contributed by atoms with van der Waals surface area (Å²) in [5, 5.41) is 2.23. The lowest BCUT2D eigenvalue weighted by Gasteiger charge is -2.06. The molecule has 0 aliphatic heterocycles. The van der Waals surface area contributed by atoms with Gasteiger partial charge in [-0.15, -0.1) is 23.5 Å². The van der Waals surface area contributed by atoms with Crippen LogP contribution in [0.2, 0.25) is 0 Å². The van der Waals surface area contributed by atoms with Crippen molar-refractivity contribution in [3.05, 3.63) is 47.0 Å². The lowest BCUT2D eigenvalue weighted by Crippen LogP contribution is -2.37. The van der Waals surface area contributed by atoms with Gasteiger partial charge in [0.1, 0.15) is 4.24 Å². The van der Waals surface area contributed by atoms with Crippen molar-refractivity contribution in [2.24, 2.45) is 0 Å². The molecule has 0 N–H and O–H groups in total. The van der Waals surface area contributed by atoms with Gasteiger partial charge in [0.25, 0.3) is 0 Å². The van der Waals surface area contributed by atoms with Gasteiger partial charge in [-0.05, 0) is 30.9 Å². The van der Waals surface area contributed by atoms with Gasteiger partial charge in [-0.1, -0.05) is 18.2 Å². The average Bonchev–Trinajstić information content (AvgIpc) is 2.52. The first-order chi connectivity index (χ1) is 10.2. The molecule has 0 unspecified atom stereocenters. The van der Waals surface area contributed by atoms with E-state index in [2.05, 4.69) is 6.07 Å². The Morgan fingerprint density at radius 1 is 1.14 bits per heavy atom. The highest BCUT2D eigenvalue weighted by atomic mass is 32.2. The Bertz CT molecular complexity index is 677. The fourth-order valence-corrected chi connectivity index (χ4v) is 3.47. The number of pyridine rings is 1. The van der Waals surface area contributed by atoms with Crippen molar-refractivity contribution in [3.63, 3.8) is 0 Å². The zero-order valence-corrected chi connectivity index (χ0v) is 14.0. The van der Waals surface area contributed by atoms with Crippen LogP contribution >= 0.6 is 23.5 Å². The molecule has 3 nitrogen and oxygen atoms in total. The molecule has 0 aliphatic carbocycles. The summed E-state index contributed by atoms with van der Waals surface area (Å²) in [6, 6.07) is 10.1. The van der Waals surface area contributed by atoms with Gasteiger partial charge in [0.05, 0.1) is 6.61 Å². The monoisotopic (exact) mass is 320 g/mol. The van der Waals surface area contributed by atoms with E-state index in [1.165, 1.54) is 0 Å². The molecule has 0 aliphatic rings. The number of esters is 1. The van der Waals surface area contributed by atoms with Crippen LogP contribution in [-0.2, 0) is 9.53 Å². The molecular formula is C16H18NO2S2+. The van der Waals surface area contributed by atoms with E-state index in [9.17, 15) is 4.79 Å². The van der Waals surface area contributed by atoms with E-state index in [1.807, 2.05) is 60.7 Å². The van der Waals surface area contributed by atoms with Crippen LogP contribution < -0.4 is 4.57 Å². The summed E-state index contributed by atoms with van der Waals surface area (Å²) in [7, 11) is 0. The highest BCUT2D eigenvalue weighted by Crippen LogP contribution is 2.28. The molecule has 1 aromatic carbocycles. The van der Waals surface area contributed by atoms with E-state index in [4.69, 9.17) is 4.74 Å². The Balaban J connectivity index is 2.58. The maximum Gasteiger partial charge on any atom is 0.405 e. The van der Waals surface area contributed by atoms with Crippen molar-refractivity contribution in [1.29, 1.82) is 0 Å². The predicted octanol–water partition coefficient (Wildman–Crippen LogP) is 3.54. The van der Waals surface area contributed by atoms with E-state index in [0.29, 0.717) is 12.3 Å². The van der Waals surface area contributed by atoms with E-state index in [-0.39, 0.29) is 5.97 Å². The standard InChI is InChI=1S/C16H18NO2S2/c1-4-19-15(18)14(16(20-2)21-3)17-10-9-12-7-5-6-8-13(12)11-17/h5-11H,4H2,1-3H3/q+1. The average molecular weight is 320 g/mol. The van der Waals surface area contributed by atoms with Crippen molar-refractivity contribution >= 4 is 46.0 Å². The lowest BCUT2D eigenvalue weighted by molar-refractivity contribution is -0.576. The normalized spacial score (nSPS) is 10.4. The summed E-state index contributed by atoms with van der Waals surface area (Å²) in [4.78, 5) is 12.3. The van der Waals surface area contributed by atoms with E-state index < -0.39 is 0 Å². The number of carbonyl (C=O) groups is 1. The molecule has 0 atom stereocenters. The lowest BCUT2D eigenvalue weighted by atomic mass is 10.2. The minimum Gasteiger partial charge on any atom is -0.458 e. The molecule has 0 saturated carbocycles. The van der Waals surface area contributed by atoms with Crippen LogP contribution in [0.5, 0.6) is 0 Å². The number of nitrogens with zero attached hydrogens (tertiary/aromatic N) is 1. The smallest absolute Gasteiger partial charge is 0.405 e. The number of thioether (sulfide) groups is 2. The number of ether oxygens (including phenoxy) is 1. The van der Waals surface area contributed by atoms with Crippen LogP contribution in [0, 0.1) is 0 Å². The molecule has 1 heterocycles. The number of hydrogen-bond acceptors (Lipinski definition) is 4. The molecular weight excluding hydrogens is 302 g/mol. The van der Waals surface area contributed by atoms with Gasteiger partial charge in [0.2, 0.25) is 0 Å². The van der Waals surface area contributed by atoms with Crippen LogP contribution in [-0.4, -0.2) is 25.1 Å². The van der Waals surface area contributed by atoms with Gasteiger partial charge in [-0.3, -0.25) is 0 Å². The summed E-state index contributed by atoms with van der Waals surface area (Å²) < 4.78 is 8.00. The molecule has 0 saturated heterocycles. The van der Waals surface area contributed by atoms with Crippen LogP contribution in [0.3, 0.4) is 0 Å². The Kier molecular flexibility index (Phi) is 5.70. The molecule has 0 amide bonds. The third-order valence-electron chi connectivity index (χ3n) is 2.98. The van der Waals surface area contributed by atoms with Crippen molar-refractivity contribution in [3.8, 4) is 0 Å². The van der Waals surface area contributed by atoms with Crippen LogP contribution in [0.1, 0.15) is 6.92 Å². The maximum atomic E-state index is 12.3. The second-order valence-electron chi connectivity index (χ2n) is 4.25. The predicted molar refractivity (Wildman–Crippen MR) is 91.0 cm³/mol. The second kappa shape index (κ2) is 7.52. The molecule has 0 bridgehead atoms. The molecule has 2 aromatic rings. The number of hydrogen-bond donors (Lipinski definition) is 0. The van der Waals surface area contributed by atoms with Gasteiger partial charge < -0.3 is 4.74 Å². The third-order valence-corrected chi connectivity index (χ3v) is 5.11. The molecule has 2 rings (SSSR count). The van der Waals surface area contributed by atoms with Crippen LogP contribution in [0.15, 0.2) is 47.0 Å². The van der Waals surface area contributed by atoms with Gasteiger partial charge in [0.15, 0.2) is 12.4 Å². The molecule has 21 heavy (non-hydrogen) atoms. The fraction of sp³-hybridized carbons (Fsp3) is 0.250. The molecule has 0 fully saturated rings. The number of fused-ring (bicyclic) bond motifs is 1. The van der Waals surface area contributed by atoms with Crippen molar-refractivity contribution in [1.82, 2.24) is 0 Å². The summed E-state index contributed by atoms with van der Waals surface area (Å²) in [6.07, 6.45) is 7.80. The van der Waals surface area contributed by atoms with Crippen LogP contribution in [0.4, 0.5) is 0 Å². The highest BCUT2D eigenvalue weighted by Gasteiger charge is 2.26. The van der Waals surface area contributed by atoms with Gasteiger partial charge in [0, 0.05) is 11.5 Å². The van der Waals surface area contributed by atoms with Gasteiger partial charge in [-0.25, -0.2) is 4.79 Å². The first kappa shape index (κ1) is 15.9. The van der Waals surface area contributed by atoms with E-state index >= 15 is 0 Å². The quantitative estimate of drug-likeness (QED) is 0.479. The third kappa shape index (κ3) is 3.60. The largest absolute Gasteiger partial charge is 0.458 e. The Hall–Kier alpha value is -1.46. The van der Waals surface area contributed by atoms with Crippen LogP contribution in [0.25, 0.3) is 16.5 Å². The van der Waals surface area contributed by atoms with Crippen molar-refractivity contribution < 1.29 is 14.1 Å². The Morgan fingerprint density at radius 3 is 2.43 bits per heavy atom. The van der Waals surface area contributed by atoms with Crippen molar-refractivity contribution in [2.75, 3.05) is 19.1 Å². The first-order valence-corrected chi connectivity index (χ1v) is 9.06. The summed E-state index contributed by atoms with van der Waals surface area (Å²) in [5.74, 6) is -0.295. The van der Waals surface area contributed by atoms with Crippen molar-refractivity contribution in [2.45, 2.75) is 6.92 Å². The number of benzene rings is 1. The molecule has 1 aromatic heterocycles. The SMILES string of the molecule is CCOC(=O)C(=C(SC)SC)[n+]1ccc2ccccc2c1. The maximum absolute atomic E-state index is 12.3. The van der Waals surface area contributed by atoms with Gasteiger partial charge >= 0.3 is 11.7 Å². The summed E-state index contributed by atoms with van der Waals surface area (Å²) >= 11 is 3.11. The topological polar surface area (TPSA) is 30.2 Å². The first-order valence-electron chi connectivity index (χ1n) is 6.61. The molecule has 110 valence electrons.